The molecule has 6 nitrogen and oxygen atoms in total. The van der Waals surface area contributed by atoms with Crippen LogP contribution in [0.5, 0.6) is 0 Å². The van der Waals surface area contributed by atoms with Crippen molar-refractivity contribution in [3.8, 4) is 0 Å². The maximum atomic E-state index is 10.2. The molecule has 0 aromatic heterocycles. The second kappa shape index (κ2) is 3.67. The molecule has 0 bridgehead atoms. The van der Waals surface area contributed by atoms with Crippen LogP contribution >= 0.6 is 0 Å². The van der Waals surface area contributed by atoms with Gasteiger partial charge in [0, 0.05) is 0 Å². The number of amidine groups is 1. The van der Waals surface area contributed by atoms with E-state index in [-0.39, 0.29) is 12.3 Å². The summed E-state index contributed by atoms with van der Waals surface area (Å²) in [5.41, 5.74) is 4.89. The third-order valence-electron chi connectivity index (χ3n) is 0.585. The summed E-state index contributed by atoms with van der Waals surface area (Å²) >= 11 is 0. The van der Waals surface area contributed by atoms with Crippen LogP contribution in [0.3, 0.4) is 0 Å². The van der Waals surface area contributed by atoms with Crippen LogP contribution in [0.2, 0.25) is 0 Å². The molecule has 0 aliphatic carbocycles. The molecule has 52 valence electrons. The molecule has 0 aliphatic rings. The summed E-state index contributed by atoms with van der Waals surface area (Å²) in [5, 5.41) is 10.4. The number of carbonyl (C=O) groups is 1. The second-order valence-corrected chi connectivity index (χ2v) is 1.26. The Morgan fingerprint density at radius 2 is 2.33 bits per heavy atom. The van der Waals surface area contributed by atoms with E-state index in [2.05, 4.69) is 15.9 Å². The smallest absolute Gasteiger partial charge is 0.332 e. The minimum absolute atomic E-state index is 0.231. The van der Waals surface area contributed by atoms with E-state index in [0.717, 1.165) is 0 Å². The lowest BCUT2D eigenvalue weighted by Crippen LogP contribution is -2.20. The lowest BCUT2D eigenvalue weighted by molar-refractivity contribution is -0.142. The molecule has 0 saturated carbocycles. The Balaban J connectivity index is 3.60. The van der Waals surface area contributed by atoms with Gasteiger partial charge in [0.1, 0.15) is 12.3 Å². The van der Waals surface area contributed by atoms with Crippen molar-refractivity contribution < 1.29 is 14.8 Å². The molecule has 0 atom stereocenters. The van der Waals surface area contributed by atoms with E-state index in [1.165, 1.54) is 0 Å². The molecule has 0 aliphatic heterocycles. The number of carbonyl (C=O) groups excluding carboxylic acids is 1. The highest BCUT2D eigenvalue weighted by atomic mass is 16.7. The highest BCUT2D eigenvalue weighted by molar-refractivity contribution is 5.96. The predicted octanol–water partition coefficient (Wildman–Crippen LogP) is -1.46. The van der Waals surface area contributed by atoms with E-state index in [4.69, 9.17) is 10.9 Å². The van der Waals surface area contributed by atoms with Gasteiger partial charge in [-0.25, -0.2) is 4.79 Å². The van der Waals surface area contributed by atoms with Crippen LogP contribution in [0.1, 0.15) is 6.42 Å². The van der Waals surface area contributed by atoms with Crippen LogP contribution < -0.4 is 11.6 Å². The largest absolute Gasteiger partial charge is 0.409 e. The summed E-state index contributed by atoms with van der Waals surface area (Å²) in [6.07, 6.45) is -0.299. The predicted molar refractivity (Wildman–Crippen MR) is 28.3 cm³/mol. The van der Waals surface area contributed by atoms with Crippen LogP contribution in [0.15, 0.2) is 5.16 Å². The Kier molecular flexibility index (Phi) is 3.14. The molecule has 0 heterocycles. The molecule has 0 saturated heterocycles. The van der Waals surface area contributed by atoms with Crippen LogP contribution in [-0.2, 0) is 9.63 Å². The number of rotatable bonds is 2. The third-order valence-corrected chi connectivity index (χ3v) is 0.585. The fourth-order valence-corrected chi connectivity index (χ4v) is 0.225. The van der Waals surface area contributed by atoms with Gasteiger partial charge in [0.2, 0.25) is 0 Å². The lowest BCUT2D eigenvalue weighted by Gasteiger charge is -1.93. The first kappa shape index (κ1) is 7.70. The average Bonchev–Trinajstić information content (AvgIpc) is 1.87. The molecule has 6 heteroatoms. The molecule has 5 N–H and O–H groups in total. The standard InChI is InChI=1S/C3H7N3O3/c4-2(6-8)1-3(7)9-5/h8H,1,5H2,(H2,4,6). The Morgan fingerprint density at radius 3 is 2.67 bits per heavy atom. The third kappa shape index (κ3) is 3.30. The van der Waals surface area contributed by atoms with Crippen molar-refractivity contribution in [1.82, 2.24) is 0 Å². The average molecular weight is 133 g/mol. The SMILES string of the molecule is NOC(=O)C/C(N)=N/O. The molecule has 0 spiro atoms. The van der Waals surface area contributed by atoms with Gasteiger partial charge < -0.3 is 15.8 Å². The molecule has 0 aromatic carbocycles. The maximum absolute atomic E-state index is 10.2. The highest BCUT2D eigenvalue weighted by Crippen LogP contribution is 1.80. The Morgan fingerprint density at radius 1 is 1.78 bits per heavy atom. The van der Waals surface area contributed by atoms with Gasteiger partial charge >= 0.3 is 5.97 Å². The Labute approximate surface area is 51.0 Å². The molecule has 0 amide bonds. The molecular weight excluding hydrogens is 126 g/mol. The van der Waals surface area contributed by atoms with E-state index in [0.29, 0.717) is 0 Å². The number of nitrogens with zero attached hydrogens (tertiary/aromatic N) is 1. The molecule has 0 radical (unpaired) electrons. The zero-order valence-electron chi connectivity index (χ0n) is 4.57. The summed E-state index contributed by atoms with van der Waals surface area (Å²) in [6, 6.07) is 0. The van der Waals surface area contributed by atoms with Crippen molar-refractivity contribution in [3.05, 3.63) is 0 Å². The van der Waals surface area contributed by atoms with Gasteiger partial charge in [-0.15, -0.1) is 0 Å². The second-order valence-electron chi connectivity index (χ2n) is 1.26. The maximum Gasteiger partial charge on any atom is 0.332 e. The molecule has 0 aromatic rings. The quantitative estimate of drug-likeness (QED) is 0.184. The van der Waals surface area contributed by atoms with Gasteiger partial charge in [0.15, 0.2) is 0 Å². The number of oxime groups is 1. The van der Waals surface area contributed by atoms with Crippen molar-refractivity contribution >= 4 is 11.8 Å². The minimum atomic E-state index is -0.745. The van der Waals surface area contributed by atoms with Crippen molar-refractivity contribution in [1.29, 1.82) is 0 Å². The normalized spacial score (nSPS) is 11.0. The first-order valence-electron chi connectivity index (χ1n) is 2.06. The first-order valence-corrected chi connectivity index (χ1v) is 2.06. The zero-order chi connectivity index (χ0) is 7.28. The number of nitrogens with two attached hydrogens (primary N) is 2. The van der Waals surface area contributed by atoms with E-state index in [1.54, 1.807) is 0 Å². The number of hydrogen-bond acceptors (Lipinski definition) is 5. The molecule has 0 fully saturated rings. The zero-order valence-corrected chi connectivity index (χ0v) is 4.57. The Bertz CT molecular complexity index is 132. The van der Waals surface area contributed by atoms with Gasteiger partial charge in [0.05, 0.1) is 0 Å². The monoisotopic (exact) mass is 133 g/mol. The Hall–Kier alpha value is -1.30. The summed E-state index contributed by atoms with van der Waals surface area (Å²) in [5.74, 6) is 3.46. The topological polar surface area (TPSA) is 111 Å². The van der Waals surface area contributed by atoms with Gasteiger partial charge in [-0.2, -0.15) is 5.90 Å². The summed E-state index contributed by atoms with van der Waals surface area (Å²) in [7, 11) is 0. The molecule has 0 rings (SSSR count). The summed E-state index contributed by atoms with van der Waals surface area (Å²) < 4.78 is 0. The molecule has 0 unspecified atom stereocenters. The van der Waals surface area contributed by atoms with Gasteiger partial charge in [-0.3, -0.25) is 0 Å². The van der Waals surface area contributed by atoms with Crippen molar-refractivity contribution in [2.75, 3.05) is 0 Å². The van der Waals surface area contributed by atoms with Crippen molar-refractivity contribution in [2.24, 2.45) is 16.8 Å². The number of hydrogen-bond donors (Lipinski definition) is 3. The minimum Gasteiger partial charge on any atom is -0.409 e. The molecule has 9 heavy (non-hydrogen) atoms. The van der Waals surface area contributed by atoms with Gasteiger partial charge in [-0.1, -0.05) is 5.16 Å². The van der Waals surface area contributed by atoms with E-state index in [9.17, 15) is 4.79 Å². The summed E-state index contributed by atoms with van der Waals surface area (Å²) in [6.45, 7) is 0. The van der Waals surface area contributed by atoms with Crippen LogP contribution in [-0.4, -0.2) is 17.0 Å². The molecular formula is C3H7N3O3. The summed E-state index contributed by atoms with van der Waals surface area (Å²) in [4.78, 5) is 13.9. The van der Waals surface area contributed by atoms with Crippen molar-refractivity contribution in [3.63, 3.8) is 0 Å². The fourth-order valence-electron chi connectivity index (χ4n) is 0.225. The van der Waals surface area contributed by atoms with Gasteiger partial charge in [-0.05, 0) is 0 Å². The van der Waals surface area contributed by atoms with Crippen molar-refractivity contribution in [2.45, 2.75) is 6.42 Å². The first-order chi connectivity index (χ1) is 4.20. The van der Waals surface area contributed by atoms with E-state index < -0.39 is 5.97 Å². The van der Waals surface area contributed by atoms with Crippen LogP contribution in [0, 0.1) is 0 Å². The van der Waals surface area contributed by atoms with Gasteiger partial charge in [0.25, 0.3) is 0 Å². The van der Waals surface area contributed by atoms with Crippen LogP contribution in [0.4, 0.5) is 0 Å². The van der Waals surface area contributed by atoms with Crippen LogP contribution in [0.25, 0.3) is 0 Å². The van der Waals surface area contributed by atoms with E-state index in [1.807, 2.05) is 0 Å². The lowest BCUT2D eigenvalue weighted by atomic mass is 10.4. The highest BCUT2D eigenvalue weighted by Gasteiger charge is 2.02. The van der Waals surface area contributed by atoms with E-state index >= 15 is 0 Å². The fraction of sp³-hybridized carbons (Fsp3) is 0.333.